The Morgan fingerprint density at radius 2 is 1.91 bits per heavy atom. The maximum absolute atomic E-state index is 11.8. The Bertz CT molecular complexity index is 198. The molecule has 60 valence electrons. The number of halogens is 1. The average molecular weight is 154 g/mol. The van der Waals surface area contributed by atoms with E-state index in [-0.39, 0.29) is 0 Å². The van der Waals surface area contributed by atoms with Crippen LogP contribution in [0.15, 0.2) is 30.3 Å². The van der Waals surface area contributed by atoms with Gasteiger partial charge >= 0.3 is 0 Å². The summed E-state index contributed by atoms with van der Waals surface area (Å²) in [6, 6.07) is 9.39. The van der Waals surface area contributed by atoms with Gasteiger partial charge in [0, 0.05) is 6.42 Å². The van der Waals surface area contributed by atoms with E-state index < -0.39 is 12.8 Å². The Hall–Kier alpha value is -0.890. The fraction of sp³-hybridized carbons (Fsp3) is 0.333. The summed E-state index contributed by atoms with van der Waals surface area (Å²) in [6.45, 7) is -0.672. The molecule has 0 aliphatic rings. The summed E-state index contributed by atoms with van der Waals surface area (Å²) in [5, 5.41) is 8.94. The smallest absolute Gasteiger partial charge is 0.116 e. The average Bonchev–Trinajstić information content (AvgIpc) is 2.06. The fourth-order valence-electron chi connectivity index (χ4n) is 0.941. The van der Waals surface area contributed by atoms with Crippen LogP contribution in [0.25, 0.3) is 0 Å². The molecular weight excluding hydrogens is 143 g/mol. The van der Waals surface area contributed by atoms with Gasteiger partial charge in [-0.1, -0.05) is 30.3 Å². The highest BCUT2D eigenvalue weighted by Crippen LogP contribution is 2.02. The molecule has 0 bridgehead atoms. The van der Waals surface area contributed by atoms with Gasteiger partial charge in [-0.15, -0.1) is 0 Å². The van der Waals surface area contributed by atoms with E-state index in [1.54, 1.807) is 0 Å². The first-order valence-electron chi connectivity index (χ1n) is 3.61. The molecular formula is C9H11FO. The van der Waals surface area contributed by atoms with Crippen molar-refractivity contribution in [2.45, 2.75) is 12.5 Å². The molecule has 0 unspecified atom stereocenters. The van der Waals surface area contributed by atoms with Crippen LogP contribution in [0.4, 0.5) is 4.39 Å². The first-order chi connectivity index (χ1) is 5.33. The van der Waals surface area contributed by atoms with Crippen LogP contribution in [0.5, 0.6) is 0 Å². The first kappa shape index (κ1) is 8.21. The lowest BCUT2D eigenvalue weighted by Gasteiger charge is -2.04. The summed E-state index contributed by atoms with van der Waals surface area (Å²) in [6.07, 6.45) is -0.449. The van der Waals surface area contributed by atoms with Gasteiger partial charge in [-0.3, -0.25) is 0 Å². The van der Waals surface area contributed by atoms with Crippen molar-refractivity contribution in [1.82, 2.24) is 0 Å². The summed E-state index contributed by atoms with van der Waals surface area (Å²) in [4.78, 5) is 0. The van der Waals surface area contributed by atoms with E-state index in [0.29, 0.717) is 6.42 Å². The number of aliphatic hydroxyl groups is 1. The van der Waals surface area contributed by atoms with Gasteiger partial charge in [-0.05, 0) is 5.56 Å². The first-order valence-corrected chi connectivity index (χ1v) is 3.61. The molecule has 1 nitrogen and oxygen atoms in total. The molecule has 1 aromatic carbocycles. The topological polar surface area (TPSA) is 20.2 Å². The normalized spacial score (nSPS) is 12.9. The quantitative estimate of drug-likeness (QED) is 0.700. The monoisotopic (exact) mass is 154 g/mol. The van der Waals surface area contributed by atoms with Gasteiger partial charge in [-0.25, -0.2) is 4.39 Å². The molecule has 0 aliphatic carbocycles. The summed E-state index contributed by atoms with van der Waals surface area (Å²) in [5.74, 6) is 0. The predicted octanol–water partition coefficient (Wildman–Crippen LogP) is 1.56. The van der Waals surface area contributed by atoms with Crippen LogP contribution in [0.2, 0.25) is 0 Å². The zero-order valence-corrected chi connectivity index (χ0v) is 6.20. The van der Waals surface area contributed by atoms with E-state index in [2.05, 4.69) is 0 Å². The molecule has 1 rings (SSSR count). The SMILES string of the molecule is O[C@@H](CF)Cc1ccccc1. The number of hydrogen-bond donors (Lipinski definition) is 1. The van der Waals surface area contributed by atoms with Gasteiger partial charge < -0.3 is 5.11 Å². The van der Waals surface area contributed by atoms with E-state index in [1.807, 2.05) is 30.3 Å². The van der Waals surface area contributed by atoms with Crippen molar-refractivity contribution in [2.24, 2.45) is 0 Å². The lowest BCUT2D eigenvalue weighted by atomic mass is 10.1. The maximum Gasteiger partial charge on any atom is 0.116 e. The standard InChI is InChI=1S/C9H11FO/c10-7-9(11)6-8-4-2-1-3-5-8/h1-5,9,11H,6-7H2/t9-/m1/s1. The number of hydrogen-bond acceptors (Lipinski definition) is 1. The zero-order chi connectivity index (χ0) is 8.10. The van der Waals surface area contributed by atoms with Crippen LogP contribution in [0.1, 0.15) is 5.56 Å². The van der Waals surface area contributed by atoms with E-state index in [4.69, 9.17) is 5.11 Å². The van der Waals surface area contributed by atoms with Crippen molar-refractivity contribution in [3.05, 3.63) is 35.9 Å². The van der Waals surface area contributed by atoms with Crippen LogP contribution in [0.3, 0.4) is 0 Å². The molecule has 1 aromatic rings. The molecule has 0 saturated carbocycles. The molecule has 0 saturated heterocycles. The minimum atomic E-state index is -0.850. The van der Waals surface area contributed by atoms with E-state index in [0.717, 1.165) is 5.56 Å². The third kappa shape index (κ3) is 2.68. The minimum absolute atomic E-state index is 0.400. The number of benzene rings is 1. The predicted molar refractivity (Wildman–Crippen MR) is 42.1 cm³/mol. The van der Waals surface area contributed by atoms with Gasteiger partial charge in [0.2, 0.25) is 0 Å². The van der Waals surface area contributed by atoms with Gasteiger partial charge in [0.25, 0.3) is 0 Å². The van der Waals surface area contributed by atoms with Gasteiger partial charge in [0.15, 0.2) is 0 Å². The Balaban J connectivity index is 2.51. The highest BCUT2D eigenvalue weighted by atomic mass is 19.1. The van der Waals surface area contributed by atoms with Crippen LogP contribution >= 0.6 is 0 Å². The van der Waals surface area contributed by atoms with Crippen molar-refractivity contribution in [3.63, 3.8) is 0 Å². The van der Waals surface area contributed by atoms with E-state index in [1.165, 1.54) is 0 Å². The number of aliphatic hydroxyl groups excluding tert-OH is 1. The van der Waals surface area contributed by atoms with E-state index >= 15 is 0 Å². The van der Waals surface area contributed by atoms with Crippen LogP contribution < -0.4 is 0 Å². The third-order valence-corrected chi connectivity index (χ3v) is 1.49. The Labute approximate surface area is 65.5 Å². The number of alkyl halides is 1. The summed E-state index contributed by atoms with van der Waals surface area (Å²) < 4.78 is 11.8. The Kier molecular flexibility index (Phi) is 3.05. The van der Waals surface area contributed by atoms with Crippen molar-refractivity contribution in [1.29, 1.82) is 0 Å². The Morgan fingerprint density at radius 1 is 1.27 bits per heavy atom. The zero-order valence-electron chi connectivity index (χ0n) is 6.20. The van der Waals surface area contributed by atoms with Crippen LogP contribution in [0, 0.1) is 0 Å². The molecule has 0 spiro atoms. The fourth-order valence-corrected chi connectivity index (χ4v) is 0.941. The summed E-state index contributed by atoms with van der Waals surface area (Å²) >= 11 is 0. The molecule has 11 heavy (non-hydrogen) atoms. The second-order valence-electron chi connectivity index (χ2n) is 2.50. The molecule has 1 N–H and O–H groups in total. The molecule has 0 heterocycles. The van der Waals surface area contributed by atoms with Crippen LogP contribution in [-0.4, -0.2) is 17.9 Å². The molecule has 0 aliphatic heterocycles. The Morgan fingerprint density at radius 3 is 2.45 bits per heavy atom. The largest absolute Gasteiger partial charge is 0.390 e. The molecule has 0 amide bonds. The second kappa shape index (κ2) is 4.09. The highest BCUT2D eigenvalue weighted by Gasteiger charge is 2.02. The van der Waals surface area contributed by atoms with Crippen molar-refractivity contribution in [2.75, 3.05) is 6.67 Å². The van der Waals surface area contributed by atoms with Crippen molar-refractivity contribution >= 4 is 0 Å². The molecule has 0 aromatic heterocycles. The van der Waals surface area contributed by atoms with Gasteiger partial charge in [0.1, 0.15) is 6.67 Å². The van der Waals surface area contributed by atoms with E-state index in [9.17, 15) is 4.39 Å². The van der Waals surface area contributed by atoms with Crippen molar-refractivity contribution in [3.8, 4) is 0 Å². The van der Waals surface area contributed by atoms with Crippen LogP contribution in [-0.2, 0) is 6.42 Å². The summed E-state index contributed by atoms with van der Waals surface area (Å²) in [5.41, 5.74) is 0.970. The molecule has 2 heteroatoms. The minimum Gasteiger partial charge on any atom is -0.390 e. The highest BCUT2D eigenvalue weighted by molar-refractivity contribution is 5.15. The summed E-state index contributed by atoms with van der Waals surface area (Å²) in [7, 11) is 0. The molecule has 0 radical (unpaired) electrons. The molecule has 1 atom stereocenters. The third-order valence-electron chi connectivity index (χ3n) is 1.49. The lowest BCUT2D eigenvalue weighted by Crippen LogP contribution is -2.12. The lowest BCUT2D eigenvalue weighted by molar-refractivity contribution is 0.140. The second-order valence-corrected chi connectivity index (χ2v) is 2.50. The van der Waals surface area contributed by atoms with Crippen molar-refractivity contribution < 1.29 is 9.50 Å². The van der Waals surface area contributed by atoms with Gasteiger partial charge in [0.05, 0.1) is 6.10 Å². The maximum atomic E-state index is 11.8. The molecule has 0 fully saturated rings. The van der Waals surface area contributed by atoms with Gasteiger partial charge in [-0.2, -0.15) is 0 Å². The number of rotatable bonds is 3.